The maximum atomic E-state index is 5.97. The molecule has 1 aliphatic rings. The Bertz CT molecular complexity index is 375. The van der Waals surface area contributed by atoms with Gasteiger partial charge in [0.1, 0.15) is 5.82 Å². The van der Waals surface area contributed by atoms with Crippen LogP contribution in [0.4, 0.5) is 5.82 Å². The van der Waals surface area contributed by atoms with E-state index in [-0.39, 0.29) is 11.6 Å². The zero-order valence-corrected chi connectivity index (χ0v) is 10.6. The molecule has 1 fully saturated rings. The highest BCUT2D eigenvalue weighted by Gasteiger charge is 2.42. The molecular formula is C13H21N3O. The Morgan fingerprint density at radius 3 is 2.71 bits per heavy atom. The molecule has 0 saturated heterocycles. The molecule has 4 nitrogen and oxygen atoms in total. The number of anilines is 1. The van der Waals surface area contributed by atoms with E-state index in [0.717, 1.165) is 18.4 Å². The zero-order valence-electron chi connectivity index (χ0n) is 10.6. The number of nitrogens with two attached hydrogens (primary N) is 1. The number of methoxy groups -OCH3 is 1. The Labute approximate surface area is 103 Å². The lowest BCUT2D eigenvalue weighted by atomic mass is 9.87. The van der Waals surface area contributed by atoms with Gasteiger partial charge in [0.25, 0.3) is 0 Å². The van der Waals surface area contributed by atoms with Crippen molar-refractivity contribution in [2.45, 2.75) is 37.3 Å². The third-order valence-corrected chi connectivity index (χ3v) is 3.85. The molecule has 4 heteroatoms. The molecule has 0 radical (unpaired) electrons. The monoisotopic (exact) mass is 235 g/mol. The van der Waals surface area contributed by atoms with Crippen LogP contribution in [0.3, 0.4) is 0 Å². The third kappa shape index (κ3) is 2.15. The Balaban J connectivity index is 2.36. The fourth-order valence-electron chi connectivity index (χ4n) is 2.96. The van der Waals surface area contributed by atoms with Crippen molar-refractivity contribution in [3.8, 4) is 0 Å². The number of pyridine rings is 1. The molecule has 1 atom stereocenters. The second-order valence-electron chi connectivity index (χ2n) is 4.68. The SMILES string of the molecule is CNC(c1cccnc1N)C1(OC)CCCC1. The average molecular weight is 235 g/mol. The van der Waals surface area contributed by atoms with E-state index in [0.29, 0.717) is 5.82 Å². The number of nitrogens with zero attached hydrogens (tertiary/aromatic N) is 1. The van der Waals surface area contributed by atoms with Crippen LogP contribution in [-0.2, 0) is 4.74 Å². The van der Waals surface area contributed by atoms with Crippen LogP contribution in [0.5, 0.6) is 0 Å². The molecule has 3 N–H and O–H groups in total. The number of hydrogen-bond donors (Lipinski definition) is 2. The van der Waals surface area contributed by atoms with Gasteiger partial charge in [-0.15, -0.1) is 0 Å². The molecule has 0 aromatic carbocycles. The second kappa shape index (κ2) is 5.02. The first-order valence-corrected chi connectivity index (χ1v) is 6.16. The minimum Gasteiger partial charge on any atom is -0.383 e. The predicted molar refractivity (Wildman–Crippen MR) is 68.7 cm³/mol. The fraction of sp³-hybridized carbons (Fsp3) is 0.615. The number of nitrogen functional groups attached to an aromatic ring is 1. The van der Waals surface area contributed by atoms with E-state index in [2.05, 4.69) is 10.3 Å². The molecule has 1 aromatic heterocycles. The van der Waals surface area contributed by atoms with Gasteiger partial charge < -0.3 is 15.8 Å². The van der Waals surface area contributed by atoms with Crippen molar-refractivity contribution < 1.29 is 4.74 Å². The van der Waals surface area contributed by atoms with E-state index < -0.39 is 0 Å². The van der Waals surface area contributed by atoms with Crippen LogP contribution in [0.15, 0.2) is 18.3 Å². The smallest absolute Gasteiger partial charge is 0.128 e. The van der Waals surface area contributed by atoms with Gasteiger partial charge in [-0.3, -0.25) is 0 Å². The molecule has 0 amide bonds. The number of aromatic nitrogens is 1. The van der Waals surface area contributed by atoms with Gasteiger partial charge in [0, 0.05) is 18.9 Å². The first-order chi connectivity index (χ1) is 8.23. The summed E-state index contributed by atoms with van der Waals surface area (Å²) in [6, 6.07) is 4.07. The lowest BCUT2D eigenvalue weighted by Crippen LogP contribution is -2.42. The Hall–Kier alpha value is -1.13. The van der Waals surface area contributed by atoms with E-state index in [4.69, 9.17) is 10.5 Å². The summed E-state index contributed by atoms with van der Waals surface area (Å²) >= 11 is 0. The summed E-state index contributed by atoms with van der Waals surface area (Å²) < 4.78 is 5.82. The maximum Gasteiger partial charge on any atom is 0.128 e. The standard InChI is InChI=1S/C13H21N3O/c1-15-11(10-6-5-9-16-12(10)14)13(17-2)7-3-4-8-13/h5-6,9,11,15H,3-4,7-8H2,1-2H3,(H2,14,16). The van der Waals surface area contributed by atoms with Gasteiger partial charge >= 0.3 is 0 Å². The summed E-state index contributed by atoms with van der Waals surface area (Å²) in [5, 5.41) is 3.35. The zero-order chi connectivity index (χ0) is 12.3. The summed E-state index contributed by atoms with van der Waals surface area (Å²) in [4.78, 5) is 4.17. The molecule has 1 saturated carbocycles. The van der Waals surface area contributed by atoms with Crippen LogP contribution >= 0.6 is 0 Å². The molecular weight excluding hydrogens is 214 g/mol. The number of likely N-dealkylation sites (N-methyl/N-ethyl adjacent to an activating group) is 1. The molecule has 1 aliphatic carbocycles. The first-order valence-electron chi connectivity index (χ1n) is 6.16. The van der Waals surface area contributed by atoms with Crippen LogP contribution in [0.25, 0.3) is 0 Å². The van der Waals surface area contributed by atoms with Gasteiger partial charge in [0.05, 0.1) is 11.6 Å². The highest BCUT2D eigenvalue weighted by molar-refractivity contribution is 5.42. The van der Waals surface area contributed by atoms with Gasteiger partial charge in [0.15, 0.2) is 0 Å². The quantitative estimate of drug-likeness (QED) is 0.836. The van der Waals surface area contributed by atoms with E-state index in [1.165, 1.54) is 12.8 Å². The molecule has 2 rings (SSSR count). The molecule has 1 heterocycles. The van der Waals surface area contributed by atoms with Crippen molar-refractivity contribution in [2.24, 2.45) is 0 Å². The van der Waals surface area contributed by atoms with Gasteiger partial charge in [-0.1, -0.05) is 18.9 Å². The van der Waals surface area contributed by atoms with Crippen molar-refractivity contribution in [3.63, 3.8) is 0 Å². The lowest BCUT2D eigenvalue weighted by molar-refractivity contribution is -0.0347. The number of hydrogen-bond acceptors (Lipinski definition) is 4. The first kappa shape index (κ1) is 12.3. The van der Waals surface area contributed by atoms with Crippen molar-refractivity contribution in [1.29, 1.82) is 0 Å². The normalized spacial score (nSPS) is 20.4. The van der Waals surface area contributed by atoms with E-state index in [1.807, 2.05) is 19.2 Å². The summed E-state index contributed by atoms with van der Waals surface area (Å²) in [5.41, 5.74) is 6.88. The van der Waals surface area contributed by atoms with Crippen LogP contribution in [-0.4, -0.2) is 24.7 Å². The van der Waals surface area contributed by atoms with Crippen molar-refractivity contribution in [1.82, 2.24) is 10.3 Å². The highest BCUT2D eigenvalue weighted by Crippen LogP contribution is 2.43. The summed E-state index contributed by atoms with van der Waals surface area (Å²) in [6.45, 7) is 0. The Morgan fingerprint density at radius 2 is 2.18 bits per heavy atom. The topological polar surface area (TPSA) is 60.2 Å². The van der Waals surface area contributed by atoms with E-state index >= 15 is 0 Å². The molecule has 0 aliphatic heterocycles. The summed E-state index contributed by atoms with van der Waals surface area (Å²) in [6.07, 6.45) is 6.30. The van der Waals surface area contributed by atoms with Gasteiger partial charge in [0.2, 0.25) is 0 Å². The summed E-state index contributed by atoms with van der Waals surface area (Å²) in [7, 11) is 3.75. The molecule has 17 heavy (non-hydrogen) atoms. The molecule has 1 unspecified atom stereocenters. The number of ether oxygens (including phenoxy) is 1. The van der Waals surface area contributed by atoms with Crippen molar-refractivity contribution in [2.75, 3.05) is 19.9 Å². The number of rotatable bonds is 4. The minimum absolute atomic E-state index is 0.115. The maximum absolute atomic E-state index is 5.97. The fourth-order valence-corrected chi connectivity index (χ4v) is 2.96. The largest absolute Gasteiger partial charge is 0.383 e. The van der Waals surface area contributed by atoms with Gasteiger partial charge in [-0.2, -0.15) is 0 Å². The van der Waals surface area contributed by atoms with E-state index in [1.54, 1.807) is 13.3 Å². The number of nitrogens with one attached hydrogen (secondary N) is 1. The average Bonchev–Trinajstić information content (AvgIpc) is 2.82. The third-order valence-electron chi connectivity index (χ3n) is 3.85. The lowest BCUT2D eigenvalue weighted by Gasteiger charge is -2.36. The van der Waals surface area contributed by atoms with E-state index in [9.17, 15) is 0 Å². The Kier molecular flexibility index (Phi) is 3.64. The Morgan fingerprint density at radius 1 is 1.47 bits per heavy atom. The van der Waals surface area contributed by atoms with Crippen LogP contribution in [0.2, 0.25) is 0 Å². The molecule has 0 spiro atoms. The van der Waals surface area contributed by atoms with Crippen LogP contribution in [0, 0.1) is 0 Å². The van der Waals surface area contributed by atoms with Gasteiger partial charge in [-0.05, 0) is 26.0 Å². The predicted octanol–water partition coefficient (Wildman–Crippen LogP) is 1.88. The minimum atomic E-state index is -0.133. The van der Waals surface area contributed by atoms with Crippen molar-refractivity contribution in [3.05, 3.63) is 23.9 Å². The van der Waals surface area contributed by atoms with Crippen LogP contribution < -0.4 is 11.1 Å². The molecule has 1 aromatic rings. The second-order valence-corrected chi connectivity index (χ2v) is 4.68. The molecule has 94 valence electrons. The van der Waals surface area contributed by atoms with Gasteiger partial charge in [-0.25, -0.2) is 4.98 Å². The van der Waals surface area contributed by atoms with Crippen molar-refractivity contribution >= 4 is 5.82 Å². The highest BCUT2D eigenvalue weighted by atomic mass is 16.5. The molecule has 0 bridgehead atoms. The summed E-state index contributed by atoms with van der Waals surface area (Å²) in [5.74, 6) is 0.593. The van der Waals surface area contributed by atoms with Crippen LogP contribution in [0.1, 0.15) is 37.3 Å².